The number of guanidine groups is 1. The maximum absolute atomic E-state index is 5.93. The molecule has 0 fully saturated rings. The molecule has 0 aromatic heterocycles. The third-order valence-electron chi connectivity index (χ3n) is 3.89. The van der Waals surface area contributed by atoms with Gasteiger partial charge in [0.2, 0.25) is 0 Å². The molecule has 5 heteroatoms. The van der Waals surface area contributed by atoms with Crippen LogP contribution in [0.15, 0.2) is 47.5 Å². The van der Waals surface area contributed by atoms with E-state index in [4.69, 9.17) is 9.47 Å². The highest BCUT2D eigenvalue weighted by Gasteiger charge is 2.08. The molecule has 0 saturated carbocycles. The van der Waals surface area contributed by atoms with Gasteiger partial charge in [-0.25, -0.2) is 0 Å². The van der Waals surface area contributed by atoms with Gasteiger partial charge in [0.25, 0.3) is 0 Å². The third kappa shape index (κ3) is 5.69. The first-order valence-electron chi connectivity index (χ1n) is 8.86. The van der Waals surface area contributed by atoms with Crippen LogP contribution in [0.4, 0.5) is 0 Å². The lowest BCUT2D eigenvalue weighted by atomic mass is 10.1. The summed E-state index contributed by atoms with van der Waals surface area (Å²) in [4.78, 5) is 4.29. The molecule has 2 rings (SSSR count). The Labute approximate surface area is 156 Å². The maximum Gasteiger partial charge on any atom is 0.191 e. The molecule has 0 spiro atoms. The van der Waals surface area contributed by atoms with Crippen molar-refractivity contribution >= 4 is 5.96 Å². The van der Waals surface area contributed by atoms with Crippen LogP contribution in [0.3, 0.4) is 0 Å². The van der Waals surface area contributed by atoms with Crippen molar-refractivity contribution in [3.05, 3.63) is 59.2 Å². The summed E-state index contributed by atoms with van der Waals surface area (Å²) < 4.78 is 11.3. The second kappa shape index (κ2) is 9.70. The number of methoxy groups -OCH3 is 1. The predicted molar refractivity (Wildman–Crippen MR) is 107 cm³/mol. The normalized spacial score (nSPS) is 11.4. The highest BCUT2D eigenvalue weighted by molar-refractivity contribution is 5.79. The molecule has 2 aromatic carbocycles. The van der Waals surface area contributed by atoms with E-state index in [1.165, 1.54) is 5.56 Å². The van der Waals surface area contributed by atoms with Crippen molar-refractivity contribution in [1.29, 1.82) is 0 Å². The molecule has 0 heterocycles. The van der Waals surface area contributed by atoms with Gasteiger partial charge in [-0.2, -0.15) is 0 Å². The van der Waals surface area contributed by atoms with Gasteiger partial charge in [-0.05, 0) is 38.5 Å². The maximum atomic E-state index is 5.93. The van der Waals surface area contributed by atoms with Gasteiger partial charge in [0, 0.05) is 31.3 Å². The van der Waals surface area contributed by atoms with Gasteiger partial charge in [-0.1, -0.05) is 30.3 Å². The number of aryl methyl sites for hydroxylation is 1. The summed E-state index contributed by atoms with van der Waals surface area (Å²) in [5.41, 5.74) is 3.37. The number of benzene rings is 2. The van der Waals surface area contributed by atoms with E-state index < -0.39 is 0 Å². The summed E-state index contributed by atoms with van der Waals surface area (Å²) >= 11 is 0. The Morgan fingerprint density at radius 2 is 1.65 bits per heavy atom. The monoisotopic (exact) mass is 355 g/mol. The van der Waals surface area contributed by atoms with E-state index in [2.05, 4.69) is 40.7 Å². The van der Waals surface area contributed by atoms with Gasteiger partial charge in [0.1, 0.15) is 11.5 Å². The number of nitrogens with one attached hydrogen (secondary N) is 2. The zero-order valence-electron chi connectivity index (χ0n) is 16.3. The molecule has 0 aliphatic rings. The first kappa shape index (κ1) is 19.6. The van der Waals surface area contributed by atoms with Crippen molar-refractivity contribution in [2.45, 2.75) is 40.0 Å². The van der Waals surface area contributed by atoms with Crippen LogP contribution in [-0.4, -0.2) is 26.2 Å². The van der Waals surface area contributed by atoms with Gasteiger partial charge in [-0.3, -0.25) is 4.99 Å². The molecule has 0 bridgehead atoms. The smallest absolute Gasteiger partial charge is 0.191 e. The Morgan fingerprint density at radius 3 is 2.27 bits per heavy atom. The summed E-state index contributed by atoms with van der Waals surface area (Å²) in [5, 5.41) is 6.66. The molecule has 0 amide bonds. The van der Waals surface area contributed by atoms with Crippen LogP contribution in [-0.2, 0) is 13.1 Å². The van der Waals surface area contributed by atoms with E-state index in [1.807, 2.05) is 38.1 Å². The molecular weight excluding hydrogens is 326 g/mol. The number of ether oxygens (including phenoxy) is 2. The highest BCUT2D eigenvalue weighted by Crippen LogP contribution is 2.21. The van der Waals surface area contributed by atoms with Crippen LogP contribution in [0.2, 0.25) is 0 Å². The topological polar surface area (TPSA) is 54.9 Å². The second-order valence-corrected chi connectivity index (χ2v) is 6.37. The zero-order chi connectivity index (χ0) is 18.9. The standard InChI is InChI=1S/C21H29N3O2/c1-15(2)26-20-12-16(3)10-11-18(20)14-24-21(22-4)23-13-17-8-6-7-9-19(17)25-5/h6-12,15H,13-14H2,1-5H3,(H2,22,23,24). The van der Waals surface area contributed by atoms with Crippen LogP contribution in [0.5, 0.6) is 11.5 Å². The van der Waals surface area contributed by atoms with Gasteiger partial charge in [0.05, 0.1) is 13.2 Å². The number of nitrogens with zero attached hydrogens (tertiary/aromatic N) is 1. The molecule has 0 unspecified atom stereocenters. The van der Waals surface area contributed by atoms with E-state index in [9.17, 15) is 0 Å². The van der Waals surface area contributed by atoms with E-state index >= 15 is 0 Å². The average molecular weight is 355 g/mol. The number of para-hydroxylation sites is 1. The van der Waals surface area contributed by atoms with Crippen molar-refractivity contribution < 1.29 is 9.47 Å². The summed E-state index contributed by atoms with van der Waals surface area (Å²) in [6, 6.07) is 14.2. The fraction of sp³-hybridized carbons (Fsp3) is 0.381. The first-order valence-corrected chi connectivity index (χ1v) is 8.86. The van der Waals surface area contributed by atoms with Crippen LogP contribution < -0.4 is 20.1 Å². The van der Waals surface area contributed by atoms with E-state index in [0.29, 0.717) is 13.1 Å². The van der Waals surface area contributed by atoms with Gasteiger partial charge >= 0.3 is 0 Å². The second-order valence-electron chi connectivity index (χ2n) is 6.37. The fourth-order valence-electron chi connectivity index (χ4n) is 2.60. The quantitative estimate of drug-likeness (QED) is 0.588. The lowest BCUT2D eigenvalue weighted by molar-refractivity contribution is 0.239. The minimum Gasteiger partial charge on any atom is -0.496 e. The number of rotatable bonds is 7. The van der Waals surface area contributed by atoms with Crippen LogP contribution in [0, 0.1) is 6.92 Å². The van der Waals surface area contributed by atoms with E-state index in [0.717, 1.165) is 28.6 Å². The van der Waals surface area contributed by atoms with Crippen molar-refractivity contribution in [2.75, 3.05) is 14.2 Å². The Hall–Kier alpha value is -2.69. The fourth-order valence-corrected chi connectivity index (χ4v) is 2.60. The molecule has 0 radical (unpaired) electrons. The molecule has 0 aliphatic carbocycles. The molecule has 0 aliphatic heterocycles. The number of aliphatic imine (C=N–C) groups is 1. The SMILES string of the molecule is CN=C(NCc1ccccc1OC)NCc1ccc(C)cc1OC(C)C. The third-order valence-corrected chi connectivity index (χ3v) is 3.89. The lowest BCUT2D eigenvalue weighted by Crippen LogP contribution is -2.36. The van der Waals surface area contributed by atoms with Crippen LogP contribution in [0.1, 0.15) is 30.5 Å². The predicted octanol–water partition coefficient (Wildman–Crippen LogP) is 3.66. The van der Waals surface area contributed by atoms with Crippen molar-refractivity contribution in [3.63, 3.8) is 0 Å². The number of hydrogen-bond acceptors (Lipinski definition) is 3. The van der Waals surface area contributed by atoms with E-state index in [-0.39, 0.29) is 6.10 Å². The van der Waals surface area contributed by atoms with Crippen molar-refractivity contribution in [3.8, 4) is 11.5 Å². The van der Waals surface area contributed by atoms with Crippen molar-refractivity contribution in [2.24, 2.45) is 4.99 Å². The molecule has 0 saturated heterocycles. The lowest BCUT2D eigenvalue weighted by Gasteiger charge is -2.17. The number of hydrogen-bond donors (Lipinski definition) is 2. The largest absolute Gasteiger partial charge is 0.496 e. The highest BCUT2D eigenvalue weighted by atomic mass is 16.5. The first-order chi connectivity index (χ1) is 12.5. The zero-order valence-corrected chi connectivity index (χ0v) is 16.3. The van der Waals surface area contributed by atoms with E-state index in [1.54, 1.807) is 14.2 Å². The van der Waals surface area contributed by atoms with Gasteiger partial charge in [-0.15, -0.1) is 0 Å². The Morgan fingerprint density at radius 1 is 1.00 bits per heavy atom. The summed E-state index contributed by atoms with van der Waals surface area (Å²) in [5.74, 6) is 2.50. The van der Waals surface area contributed by atoms with Crippen LogP contribution >= 0.6 is 0 Å². The van der Waals surface area contributed by atoms with Gasteiger partial charge < -0.3 is 20.1 Å². The van der Waals surface area contributed by atoms with Crippen molar-refractivity contribution in [1.82, 2.24) is 10.6 Å². The Kier molecular flexibility index (Phi) is 7.33. The molecule has 5 nitrogen and oxygen atoms in total. The van der Waals surface area contributed by atoms with Gasteiger partial charge in [0.15, 0.2) is 5.96 Å². The summed E-state index contributed by atoms with van der Waals surface area (Å²) in [6.07, 6.45) is 0.138. The minimum absolute atomic E-state index is 0.138. The Bertz CT molecular complexity index is 742. The Balaban J connectivity index is 1.99. The molecule has 26 heavy (non-hydrogen) atoms. The molecule has 0 atom stereocenters. The average Bonchev–Trinajstić information content (AvgIpc) is 2.63. The summed E-state index contributed by atoms with van der Waals surface area (Å²) in [7, 11) is 3.44. The van der Waals surface area contributed by atoms with Crippen LogP contribution in [0.25, 0.3) is 0 Å². The molecule has 140 valence electrons. The summed E-state index contributed by atoms with van der Waals surface area (Å²) in [6.45, 7) is 7.40. The molecule has 2 N–H and O–H groups in total. The molecular formula is C21H29N3O2. The molecule has 2 aromatic rings. The minimum atomic E-state index is 0.138.